The van der Waals surface area contributed by atoms with Gasteiger partial charge in [-0.05, 0) is 24.3 Å². The number of hydrogen-bond donors (Lipinski definition) is 0. The van der Waals surface area contributed by atoms with Crippen molar-refractivity contribution in [1.29, 1.82) is 0 Å². The maximum atomic E-state index is 11.1. The molecule has 0 amide bonds. The minimum atomic E-state index is -0.551. The van der Waals surface area contributed by atoms with Gasteiger partial charge >= 0.3 is 11.9 Å². The summed E-state index contributed by atoms with van der Waals surface area (Å²) in [5.74, 6) is -0.799. The normalized spacial score (nSPS) is 23.8. The Hall–Kier alpha value is -1.79. The lowest BCUT2D eigenvalue weighted by Crippen LogP contribution is -2.40. The average molecular weight is 322 g/mol. The predicted octanol–water partition coefficient (Wildman–Crippen LogP) is 2.55. The Balaban J connectivity index is 2.02. The van der Waals surface area contributed by atoms with Gasteiger partial charge in [0.2, 0.25) is 0 Å². The minimum absolute atomic E-state index is 0.0451. The Kier molecular flexibility index (Phi) is 6.03. The zero-order valence-corrected chi connectivity index (χ0v) is 13.2. The van der Waals surface area contributed by atoms with E-state index in [2.05, 4.69) is 0 Å². The van der Waals surface area contributed by atoms with Crippen LogP contribution in [0, 0.1) is 0 Å². The van der Waals surface area contributed by atoms with E-state index in [9.17, 15) is 9.59 Å². The highest BCUT2D eigenvalue weighted by Gasteiger charge is 2.30. The molecule has 1 aromatic carbocycles. The average Bonchev–Trinajstić information content (AvgIpc) is 2.48. The van der Waals surface area contributed by atoms with E-state index in [1.54, 1.807) is 6.08 Å². The molecule has 1 heterocycles. The van der Waals surface area contributed by atoms with Gasteiger partial charge in [0.1, 0.15) is 24.3 Å². The number of carbonyl (C=O) groups excluding carboxylic acids is 2. The van der Waals surface area contributed by atoms with Crippen molar-refractivity contribution in [2.24, 2.45) is 0 Å². The predicted molar refractivity (Wildman–Crippen MR) is 82.3 cm³/mol. The first kappa shape index (κ1) is 16.6. The molecule has 0 aromatic heterocycles. The van der Waals surface area contributed by atoms with Gasteiger partial charge in [-0.2, -0.15) is 0 Å². The van der Waals surface area contributed by atoms with Crippen LogP contribution in [0.15, 0.2) is 47.4 Å². The van der Waals surface area contributed by atoms with Crippen LogP contribution in [0.5, 0.6) is 0 Å². The molecule has 0 fully saturated rings. The molecular weight excluding hydrogens is 304 g/mol. The zero-order valence-electron chi connectivity index (χ0n) is 12.4. The van der Waals surface area contributed by atoms with Crippen LogP contribution in [0.4, 0.5) is 0 Å². The molecule has 0 saturated heterocycles. The first-order chi connectivity index (χ1) is 10.5. The van der Waals surface area contributed by atoms with Gasteiger partial charge in [0.15, 0.2) is 0 Å². The van der Waals surface area contributed by atoms with E-state index in [0.29, 0.717) is 0 Å². The summed E-state index contributed by atoms with van der Waals surface area (Å²) in [6, 6.07) is 9.82. The molecule has 1 unspecified atom stereocenters. The van der Waals surface area contributed by atoms with Crippen LogP contribution < -0.4 is 0 Å². The molecule has 0 aliphatic carbocycles. The summed E-state index contributed by atoms with van der Waals surface area (Å²) in [6.45, 7) is 2.71. The molecule has 5 nitrogen and oxygen atoms in total. The fourth-order valence-corrected chi connectivity index (χ4v) is 2.91. The topological polar surface area (TPSA) is 61.8 Å². The van der Waals surface area contributed by atoms with Crippen LogP contribution >= 0.6 is 11.8 Å². The van der Waals surface area contributed by atoms with Crippen molar-refractivity contribution >= 4 is 23.7 Å². The van der Waals surface area contributed by atoms with Crippen LogP contribution in [0.25, 0.3) is 0 Å². The zero-order chi connectivity index (χ0) is 15.9. The monoisotopic (exact) mass is 322 g/mol. The van der Waals surface area contributed by atoms with E-state index in [1.165, 1.54) is 25.6 Å². The molecule has 0 N–H and O–H groups in total. The fraction of sp³-hybridized carbons (Fsp3) is 0.375. The molecule has 2 rings (SSSR count). The summed E-state index contributed by atoms with van der Waals surface area (Å²) < 4.78 is 16.1. The first-order valence-corrected chi connectivity index (χ1v) is 7.78. The van der Waals surface area contributed by atoms with Crippen molar-refractivity contribution in [3.63, 3.8) is 0 Å². The van der Waals surface area contributed by atoms with Gasteiger partial charge in [-0.3, -0.25) is 9.59 Å². The van der Waals surface area contributed by atoms with E-state index in [-0.39, 0.29) is 12.0 Å². The number of rotatable bonds is 5. The van der Waals surface area contributed by atoms with Crippen molar-refractivity contribution in [3.8, 4) is 0 Å². The number of hydrogen-bond acceptors (Lipinski definition) is 6. The quantitative estimate of drug-likeness (QED) is 0.613. The van der Waals surface area contributed by atoms with Crippen molar-refractivity contribution in [3.05, 3.63) is 42.5 Å². The van der Waals surface area contributed by atoms with Crippen molar-refractivity contribution in [2.45, 2.75) is 36.4 Å². The molecule has 0 radical (unpaired) electrons. The summed E-state index contributed by atoms with van der Waals surface area (Å²) >= 11 is 1.53. The SMILES string of the molecule is CC(=O)OCC1O[C@@H](Sc2ccccc2)C=C[C@@H]1OC(C)=O. The van der Waals surface area contributed by atoms with Crippen molar-refractivity contribution < 1.29 is 23.8 Å². The molecule has 22 heavy (non-hydrogen) atoms. The molecule has 0 spiro atoms. The molecule has 0 bridgehead atoms. The fourth-order valence-electron chi connectivity index (χ4n) is 1.96. The van der Waals surface area contributed by atoms with Gasteiger partial charge in [-0.15, -0.1) is 0 Å². The first-order valence-electron chi connectivity index (χ1n) is 6.90. The van der Waals surface area contributed by atoms with E-state index in [4.69, 9.17) is 14.2 Å². The molecule has 1 aliphatic rings. The van der Waals surface area contributed by atoms with E-state index in [0.717, 1.165) is 4.90 Å². The summed E-state index contributed by atoms with van der Waals surface area (Å²) in [7, 11) is 0. The third-order valence-electron chi connectivity index (χ3n) is 2.88. The van der Waals surface area contributed by atoms with Crippen LogP contribution in [-0.2, 0) is 23.8 Å². The Bertz CT molecular complexity index is 543. The van der Waals surface area contributed by atoms with Crippen LogP contribution in [0.1, 0.15) is 13.8 Å². The molecule has 6 heteroatoms. The van der Waals surface area contributed by atoms with Crippen LogP contribution in [0.3, 0.4) is 0 Å². The highest BCUT2D eigenvalue weighted by Crippen LogP contribution is 2.29. The van der Waals surface area contributed by atoms with Gasteiger partial charge in [0.25, 0.3) is 0 Å². The number of esters is 2. The Morgan fingerprint density at radius 2 is 1.86 bits per heavy atom. The standard InChI is InChI=1S/C16H18O5S/c1-11(17)19-10-15-14(20-12(2)18)8-9-16(21-15)22-13-6-4-3-5-7-13/h3-9,14-16H,10H2,1-2H3/t14-,15?,16-/m0/s1. The molecule has 1 aliphatic heterocycles. The molecular formula is C16H18O5S. The van der Waals surface area contributed by atoms with E-state index >= 15 is 0 Å². The van der Waals surface area contributed by atoms with Gasteiger partial charge in [-0.25, -0.2) is 0 Å². The maximum absolute atomic E-state index is 11.1. The molecule has 1 aromatic rings. The Labute approximate surface area is 133 Å². The van der Waals surface area contributed by atoms with E-state index < -0.39 is 24.1 Å². The largest absolute Gasteiger partial charge is 0.463 e. The van der Waals surface area contributed by atoms with Crippen LogP contribution in [0.2, 0.25) is 0 Å². The second-order valence-electron chi connectivity index (χ2n) is 4.74. The Morgan fingerprint density at radius 1 is 1.14 bits per heavy atom. The number of ether oxygens (including phenoxy) is 3. The number of benzene rings is 1. The highest BCUT2D eigenvalue weighted by atomic mass is 32.2. The number of carbonyl (C=O) groups is 2. The molecule has 0 saturated carbocycles. The summed E-state index contributed by atoms with van der Waals surface area (Å²) in [4.78, 5) is 23.2. The van der Waals surface area contributed by atoms with Crippen LogP contribution in [-0.4, -0.2) is 36.2 Å². The van der Waals surface area contributed by atoms with Crippen molar-refractivity contribution in [2.75, 3.05) is 6.61 Å². The third kappa shape index (κ3) is 5.20. The van der Waals surface area contributed by atoms with Gasteiger partial charge in [-0.1, -0.05) is 30.0 Å². The molecule has 118 valence electrons. The lowest BCUT2D eigenvalue weighted by atomic mass is 10.1. The maximum Gasteiger partial charge on any atom is 0.303 e. The lowest BCUT2D eigenvalue weighted by molar-refractivity contribution is -0.160. The highest BCUT2D eigenvalue weighted by molar-refractivity contribution is 8.00. The smallest absolute Gasteiger partial charge is 0.303 e. The summed E-state index contributed by atoms with van der Waals surface area (Å²) in [6.07, 6.45) is 2.55. The molecule has 3 atom stereocenters. The number of thioether (sulfide) groups is 1. The third-order valence-corrected chi connectivity index (χ3v) is 3.93. The second kappa shape index (κ2) is 8.00. The summed E-state index contributed by atoms with van der Waals surface area (Å²) in [5, 5.41) is 0. The van der Waals surface area contributed by atoms with Gasteiger partial charge < -0.3 is 14.2 Å². The Morgan fingerprint density at radius 3 is 2.50 bits per heavy atom. The minimum Gasteiger partial charge on any atom is -0.463 e. The van der Waals surface area contributed by atoms with Gasteiger partial charge in [0, 0.05) is 18.7 Å². The lowest BCUT2D eigenvalue weighted by Gasteiger charge is -2.31. The summed E-state index contributed by atoms with van der Waals surface area (Å²) in [5.41, 5.74) is -0.227. The van der Waals surface area contributed by atoms with Crippen molar-refractivity contribution in [1.82, 2.24) is 0 Å². The van der Waals surface area contributed by atoms with E-state index in [1.807, 2.05) is 36.4 Å². The second-order valence-corrected chi connectivity index (χ2v) is 5.91. The van der Waals surface area contributed by atoms with Gasteiger partial charge in [0.05, 0.1) is 0 Å².